The van der Waals surface area contributed by atoms with Gasteiger partial charge in [0, 0.05) is 42.6 Å². The van der Waals surface area contributed by atoms with Gasteiger partial charge in [0.2, 0.25) is 5.88 Å². The number of hydrogen-bond acceptors (Lipinski definition) is 3. The standard InChI is InChI=1S/C41H44N3O2/c1-28-19-37-38(20-29(28)2)44(26-43(37,27-44)32-13-10-9-11-14-32)33-21-31(41(6,7)8)22-36(24-33)45-34-15-12-16-35(25-34)46-39-23-30(17-18-42-39)40(3,4)5/h9-26H,27H2,1-8H3/q+1/t43-,44+/m0/s1. The number of aryl methyl sites for hydroxylation is 2. The van der Waals surface area contributed by atoms with Crippen molar-refractivity contribution in [2.24, 2.45) is 0 Å². The largest absolute Gasteiger partial charge is 0.457 e. The van der Waals surface area contributed by atoms with Gasteiger partial charge in [-0.3, -0.25) is 8.97 Å². The molecule has 3 aliphatic rings. The van der Waals surface area contributed by atoms with E-state index in [1.54, 1.807) is 6.20 Å². The van der Waals surface area contributed by atoms with E-state index in [2.05, 4.69) is 128 Å². The first-order chi connectivity index (χ1) is 21.8. The third-order valence-electron chi connectivity index (χ3n) is 9.59. The minimum Gasteiger partial charge on any atom is -0.457 e. The molecule has 0 spiro atoms. The molecule has 46 heavy (non-hydrogen) atoms. The highest BCUT2D eigenvalue weighted by Gasteiger charge is 2.63. The molecule has 0 radical (unpaired) electrons. The van der Waals surface area contributed by atoms with Crippen molar-refractivity contribution in [1.29, 1.82) is 0 Å². The zero-order chi connectivity index (χ0) is 32.5. The summed E-state index contributed by atoms with van der Waals surface area (Å²) in [5, 5.41) is 0. The summed E-state index contributed by atoms with van der Waals surface area (Å²) in [6, 6.07) is 34.3. The monoisotopic (exact) mass is 610 g/mol. The first kappa shape index (κ1) is 30.2. The molecule has 2 atom stereocenters. The fourth-order valence-electron chi connectivity index (χ4n) is 6.73. The Morgan fingerprint density at radius 1 is 0.587 bits per heavy atom. The SMILES string of the molecule is Cc1cc2c(cc1C)[N@+]1(c3cc(Oc4cccc(Oc5cc(C(C)(C)C)ccn5)c4)cc(C(C)(C)C)c3)[CH-][N@@+]2(c2ccccc2)C1. The molecule has 0 aliphatic carbocycles. The summed E-state index contributed by atoms with van der Waals surface area (Å²) in [6.07, 6.45) is 1.81. The van der Waals surface area contributed by atoms with Crippen molar-refractivity contribution >= 4 is 22.7 Å². The molecule has 234 valence electrons. The number of quaternary nitrogens is 2. The zero-order valence-electron chi connectivity index (χ0n) is 28.3. The second-order valence-electron chi connectivity index (χ2n) is 15.0. The molecule has 5 nitrogen and oxygen atoms in total. The van der Waals surface area contributed by atoms with Gasteiger partial charge in [0.25, 0.3) is 0 Å². The van der Waals surface area contributed by atoms with E-state index in [1.807, 2.05) is 36.4 Å². The summed E-state index contributed by atoms with van der Waals surface area (Å²) in [4.78, 5) is 4.46. The van der Waals surface area contributed by atoms with Crippen LogP contribution in [-0.2, 0) is 10.8 Å². The lowest BCUT2D eigenvalue weighted by Gasteiger charge is -2.56. The third kappa shape index (κ3) is 5.08. The molecular formula is C41H44N3O2+. The van der Waals surface area contributed by atoms with E-state index in [4.69, 9.17) is 9.47 Å². The van der Waals surface area contributed by atoms with Crippen molar-refractivity contribution in [2.45, 2.75) is 66.2 Å². The van der Waals surface area contributed by atoms with Crippen LogP contribution in [-0.4, -0.2) is 11.7 Å². The van der Waals surface area contributed by atoms with E-state index < -0.39 is 0 Å². The number of nitrogens with zero attached hydrogens (tertiary/aromatic N) is 3. The molecule has 4 heterocycles. The fraction of sp³-hybridized carbons (Fsp3) is 0.268. The lowest BCUT2D eigenvalue weighted by atomic mass is 9.86. The average molecular weight is 611 g/mol. The lowest BCUT2D eigenvalue weighted by molar-refractivity contribution is 0.186. The minimum atomic E-state index is -0.0663. The fourth-order valence-corrected chi connectivity index (χ4v) is 6.73. The number of rotatable bonds is 6. The second kappa shape index (κ2) is 10.5. The Bertz CT molecular complexity index is 1940. The predicted molar refractivity (Wildman–Crippen MR) is 189 cm³/mol. The van der Waals surface area contributed by atoms with Crippen LogP contribution in [0, 0.1) is 20.5 Å². The number of ether oxygens (including phenoxy) is 2. The van der Waals surface area contributed by atoms with Gasteiger partial charge in [0.1, 0.15) is 28.6 Å². The molecular weight excluding hydrogens is 566 g/mol. The topological polar surface area (TPSA) is 31.4 Å². The summed E-state index contributed by atoms with van der Waals surface area (Å²) in [5.74, 6) is 2.79. The van der Waals surface area contributed by atoms with Gasteiger partial charge in [0.05, 0.1) is 6.67 Å². The van der Waals surface area contributed by atoms with Gasteiger partial charge in [0.15, 0.2) is 18.0 Å². The van der Waals surface area contributed by atoms with E-state index in [9.17, 15) is 0 Å². The Labute approximate surface area is 273 Å². The number of aromatic nitrogens is 1. The van der Waals surface area contributed by atoms with E-state index in [0.717, 1.165) is 22.7 Å². The summed E-state index contributed by atoms with van der Waals surface area (Å²) in [6.45, 7) is 21.2. The number of pyridine rings is 1. The molecule has 0 saturated carbocycles. The Balaban J connectivity index is 1.26. The Morgan fingerprint density at radius 2 is 1.20 bits per heavy atom. The molecule has 0 amide bonds. The van der Waals surface area contributed by atoms with Crippen molar-refractivity contribution in [3.8, 4) is 23.1 Å². The maximum Gasteiger partial charge on any atom is 0.219 e. The number of para-hydroxylation sites is 1. The molecule has 8 rings (SSSR count). The van der Waals surface area contributed by atoms with Crippen LogP contribution < -0.4 is 18.4 Å². The summed E-state index contributed by atoms with van der Waals surface area (Å²) in [5.41, 5.74) is 10.2. The average Bonchev–Trinajstić information content (AvgIpc) is 3.42. The second-order valence-corrected chi connectivity index (χ2v) is 15.0. The van der Waals surface area contributed by atoms with Crippen molar-refractivity contribution in [2.75, 3.05) is 6.67 Å². The highest BCUT2D eigenvalue weighted by Crippen LogP contribution is 2.65. The normalized spacial score (nSPS) is 20.2. The molecule has 0 unspecified atom stereocenters. The van der Waals surface area contributed by atoms with Crippen LogP contribution >= 0.6 is 0 Å². The predicted octanol–water partition coefficient (Wildman–Crippen LogP) is 11.3. The van der Waals surface area contributed by atoms with Crippen LogP contribution in [0.15, 0.2) is 103 Å². The Kier molecular flexibility index (Phi) is 6.93. The van der Waals surface area contributed by atoms with Gasteiger partial charge in [-0.1, -0.05) is 65.8 Å². The maximum absolute atomic E-state index is 6.64. The maximum atomic E-state index is 6.64. The van der Waals surface area contributed by atoms with Gasteiger partial charge >= 0.3 is 0 Å². The highest BCUT2D eigenvalue weighted by atomic mass is 16.5. The number of benzene rings is 4. The van der Waals surface area contributed by atoms with E-state index in [1.165, 1.54) is 45.0 Å². The van der Waals surface area contributed by atoms with Crippen molar-refractivity contribution in [1.82, 2.24) is 14.0 Å². The third-order valence-corrected chi connectivity index (χ3v) is 9.59. The van der Waals surface area contributed by atoms with Crippen molar-refractivity contribution < 1.29 is 9.47 Å². The van der Waals surface area contributed by atoms with E-state index in [-0.39, 0.29) is 10.8 Å². The summed E-state index contributed by atoms with van der Waals surface area (Å²) >= 11 is 0. The van der Waals surface area contributed by atoms with Crippen molar-refractivity contribution in [3.63, 3.8) is 0 Å². The molecule has 5 heteroatoms. The molecule has 3 aliphatic heterocycles. The Hall–Kier alpha value is -4.45. The molecule has 0 N–H and O–H groups in total. The van der Waals surface area contributed by atoms with Crippen LogP contribution in [0.5, 0.6) is 23.1 Å². The van der Waals surface area contributed by atoms with Crippen molar-refractivity contribution in [3.05, 3.63) is 132 Å². The summed E-state index contributed by atoms with van der Waals surface area (Å²) in [7, 11) is 0. The van der Waals surface area contributed by atoms with Crippen LogP contribution in [0.2, 0.25) is 0 Å². The number of hydrogen-bond donors (Lipinski definition) is 0. The minimum absolute atomic E-state index is 0.00859. The molecule has 2 bridgehead atoms. The molecule has 4 aromatic carbocycles. The molecule has 1 fully saturated rings. The molecule has 1 saturated heterocycles. The van der Waals surface area contributed by atoms with Crippen LogP contribution in [0.4, 0.5) is 22.7 Å². The van der Waals surface area contributed by atoms with Gasteiger partial charge < -0.3 is 9.47 Å². The van der Waals surface area contributed by atoms with Gasteiger partial charge in [-0.25, -0.2) is 4.98 Å². The molecule has 1 aromatic heterocycles. The Morgan fingerprint density at radius 3 is 1.83 bits per heavy atom. The van der Waals surface area contributed by atoms with Crippen LogP contribution in [0.1, 0.15) is 63.8 Å². The molecule has 5 aromatic rings. The van der Waals surface area contributed by atoms with Crippen LogP contribution in [0.3, 0.4) is 0 Å². The quantitative estimate of drug-likeness (QED) is 0.142. The van der Waals surface area contributed by atoms with Gasteiger partial charge in [-0.15, -0.1) is 0 Å². The first-order valence-corrected chi connectivity index (χ1v) is 16.2. The van der Waals surface area contributed by atoms with E-state index >= 15 is 0 Å². The van der Waals surface area contributed by atoms with Gasteiger partial charge in [-0.2, -0.15) is 0 Å². The van der Waals surface area contributed by atoms with Gasteiger partial charge in [-0.05, 0) is 83.3 Å². The zero-order valence-corrected chi connectivity index (χ0v) is 28.3. The van der Waals surface area contributed by atoms with E-state index in [0.29, 0.717) is 16.1 Å². The highest BCUT2D eigenvalue weighted by molar-refractivity contribution is 5.89. The summed E-state index contributed by atoms with van der Waals surface area (Å²) < 4.78 is 14.3. The first-order valence-electron chi connectivity index (χ1n) is 16.2. The lowest BCUT2D eigenvalue weighted by Crippen LogP contribution is -2.67. The van der Waals surface area contributed by atoms with Crippen LogP contribution in [0.25, 0.3) is 0 Å². The smallest absolute Gasteiger partial charge is 0.219 e.